The molecule has 9 nitrogen and oxygen atoms in total. The van der Waals surface area contributed by atoms with Crippen LogP contribution in [0.15, 0.2) is 48.6 Å². The third-order valence-corrected chi connectivity index (χ3v) is 15.3. The minimum absolute atomic E-state index is 0.000538. The van der Waals surface area contributed by atoms with Crippen molar-refractivity contribution in [3.63, 3.8) is 0 Å². The Kier molecular flexibility index (Phi) is 39.3. The van der Waals surface area contributed by atoms with E-state index in [9.17, 15) is 9.59 Å². The van der Waals surface area contributed by atoms with Gasteiger partial charge in [0.15, 0.2) is 20.9 Å². The second kappa shape index (κ2) is 40.7. The molecule has 0 bridgehead atoms. The van der Waals surface area contributed by atoms with E-state index in [-0.39, 0.29) is 49.1 Å². The van der Waals surface area contributed by atoms with Crippen molar-refractivity contribution in [1.29, 1.82) is 0 Å². The normalized spacial score (nSPS) is 12.9. The van der Waals surface area contributed by atoms with Crippen LogP contribution in [0.4, 0.5) is 0 Å². The lowest BCUT2D eigenvalue weighted by atomic mass is 10.2. The Bertz CT molecular complexity index is 1020. The predicted octanol–water partition coefficient (Wildman–Crippen LogP) is 14.1. The molecule has 0 radical (unpaired) electrons. The molecule has 0 unspecified atom stereocenters. The van der Waals surface area contributed by atoms with Gasteiger partial charge in [-0.15, -0.1) is 0 Å². The van der Waals surface area contributed by atoms with Crippen LogP contribution >= 0.6 is 0 Å². The molecule has 0 heterocycles. The highest BCUT2D eigenvalue weighted by atomic mass is 28.4. The highest BCUT2D eigenvalue weighted by Gasteiger charge is 2.39. The molecule has 0 saturated heterocycles. The molecular formula is C51H94O9Si. The van der Waals surface area contributed by atoms with Crippen molar-refractivity contribution >= 4 is 20.3 Å². The Morgan fingerprint density at radius 2 is 0.770 bits per heavy atom. The van der Waals surface area contributed by atoms with Crippen molar-refractivity contribution in [1.82, 2.24) is 0 Å². The van der Waals surface area contributed by atoms with Gasteiger partial charge >= 0.3 is 11.9 Å². The van der Waals surface area contributed by atoms with Crippen molar-refractivity contribution in [2.24, 2.45) is 0 Å². The van der Waals surface area contributed by atoms with E-state index < -0.39 is 20.9 Å². The quantitative estimate of drug-likeness (QED) is 0.0195. The number of carbonyl (C=O) groups excluding carboxylic acids is 2. The van der Waals surface area contributed by atoms with Crippen molar-refractivity contribution < 1.29 is 42.4 Å². The maximum atomic E-state index is 13.0. The predicted molar refractivity (Wildman–Crippen MR) is 256 cm³/mol. The average molecular weight is 879 g/mol. The third kappa shape index (κ3) is 37.0. The van der Waals surface area contributed by atoms with Crippen LogP contribution in [0.25, 0.3) is 0 Å². The van der Waals surface area contributed by atoms with Gasteiger partial charge in [0.05, 0.1) is 32.2 Å². The summed E-state index contributed by atoms with van der Waals surface area (Å²) in [6.45, 7) is 22.5. The molecule has 0 aliphatic heterocycles. The summed E-state index contributed by atoms with van der Waals surface area (Å²) in [5, 5.41) is -0.000538. The summed E-state index contributed by atoms with van der Waals surface area (Å²) in [7, 11) is -2.15. The van der Waals surface area contributed by atoms with Gasteiger partial charge in [0.25, 0.3) is 0 Å². The fourth-order valence-corrected chi connectivity index (χ4v) is 7.39. The molecule has 0 aromatic rings. The first-order chi connectivity index (χ1) is 29.4. The van der Waals surface area contributed by atoms with Crippen molar-refractivity contribution in [3.05, 3.63) is 48.6 Å². The topological polar surface area (TPSA) is 98.8 Å². The average Bonchev–Trinajstić information content (AvgIpc) is 3.22. The lowest BCUT2D eigenvalue weighted by Gasteiger charge is -2.39. The van der Waals surface area contributed by atoms with E-state index in [2.05, 4.69) is 110 Å². The molecule has 0 spiro atoms. The van der Waals surface area contributed by atoms with E-state index in [0.717, 1.165) is 103 Å². The molecule has 356 valence electrons. The molecule has 61 heavy (non-hydrogen) atoms. The molecule has 0 N–H and O–H groups in total. The summed E-state index contributed by atoms with van der Waals surface area (Å²) in [5.74, 6) is -0.547. The Morgan fingerprint density at radius 3 is 1.05 bits per heavy atom. The van der Waals surface area contributed by atoms with Crippen LogP contribution in [-0.4, -0.2) is 78.6 Å². The highest BCUT2D eigenvalue weighted by Crippen LogP contribution is 2.38. The zero-order chi connectivity index (χ0) is 45.3. The summed E-state index contributed by atoms with van der Waals surface area (Å²) < 4.78 is 42.6. The molecule has 0 aromatic carbocycles. The summed E-state index contributed by atoms with van der Waals surface area (Å²) >= 11 is 0. The summed E-state index contributed by atoms with van der Waals surface area (Å²) in [4.78, 5) is 25.9. The third-order valence-electron chi connectivity index (χ3n) is 10.7. The first kappa shape index (κ1) is 58.9. The van der Waals surface area contributed by atoms with Crippen LogP contribution in [0, 0.1) is 0 Å². The highest BCUT2D eigenvalue weighted by molar-refractivity contribution is 6.74. The van der Waals surface area contributed by atoms with E-state index in [1.807, 2.05) is 0 Å². The molecule has 0 aliphatic carbocycles. The number of ether oxygens (including phenoxy) is 6. The van der Waals surface area contributed by atoms with Gasteiger partial charge in [-0.3, -0.25) is 9.59 Å². The van der Waals surface area contributed by atoms with Gasteiger partial charge < -0.3 is 32.8 Å². The number of hydrogen-bond donors (Lipinski definition) is 0. The van der Waals surface area contributed by atoms with Crippen LogP contribution in [0.2, 0.25) is 18.1 Å². The molecule has 0 aliphatic rings. The number of allylic oxidation sites excluding steroid dienone is 8. The first-order valence-electron chi connectivity index (χ1n) is 24.4. The monoisotopic (exact) mass is 879 g/mol. The summed E-state index contributed by atoms with van der Waals surface area (Å²) in [6, 6.07) is 0. The van der Waals surface area contributed by atoms with Crippen LogP contribution < -0.4 is 0 Å². The Morgan fingerprint density at radius 1 is 0.459 bits per heavy atom. The minimum Gasteiger partial charge on any atom is -0.466 e. The van der Waals surface area contributed by atoms with E-state index in [1.165, 1.54) is 0 Å². The molecule has 0 saturated carbocycles. The Balaban J connectivity index is 5.12. The van der Waals surface area contributed by atoms with Crippen molar-refractivity contribution in [2.45, 2.75) is 227 Å². The van der Waals surface area contributed by atoms with Crippen molar-refractivity contribution in [2.75, 3.05) is 39.6 Å². The number of carbonyl (C=O) groups is 2. The molecular weight excluding hydrogens is 785 g/mol. The fourth-order valence-electron chi connectivity index (χ4n) is 5.96. The summed E-state index contributed by atoms with van der Waals surface area (Å²) in [6.07, 6.45) is 35.4. The van der Waals surface area contributed by atoms with E-state index >= 15 is 0 Å². The maximum Gasteiger partial charge on any atom is 0.305 e. The van der Waals surface area contributed by atoms with Crippen molar-refractivity contribution in [3.8, 4) is 0 Å². The van der Waals surface area contributed by atoms with Gasteiger partial charge in [-0.2, -0.15) is 0 Å². The van der Waals surface area contributed by atoms with Gasteiger partial charge in [0.1, 0.15) is 0 Å². The lowest BCUT2D eigenvalue weighted by Crippen LogP contribution is -2.44. The van der Waals surface area contributed by atoms with Gasteiger partial charge in [-0.1, -0.05) is 97.1 Å². The lowest BCUT2D eigenvalue weighted by molar-refractivity contribution is -0.160. The van der Waals surface area contributed by atoms with Gasteiger partial charge in [0, 0.05) is 52.1 Å². The molecule has 10 heteroatoms. The Hall–Kier alpha value is -2.08. The van der Waals surface area contributed by atoms with Gasteiger partial charge in [0.2, 0.25) is 0 Å². The second-order valence-corrected chi connectivity index (χ2v) is 22.2. The van der Waals surface area contributed by atoms with Crippen LogP contribution in [0.1, 0.15) is 190 Å². The van der Waals surface area contributed by atoms with E-state index in [4.69, 9.17) is 32.8 Å². The van der Waals surface area contributed by atoms with E-state index in [1.54, 1.807) is 0 Å². The van der Waals surface area contributed by atoms with Crippen LogP contribution in [-0.2, 0) is 42.4 Å². The smallest absolute Gasteiger partial charge is 0.305 e. The molecule has 0 fully saturated rings. The van der Waals surface area contributed by atoms with E-state index in [0.29, 0.717) is 52.1 Å². The molecule has 0 amide bonds. The van der Waals surface area contributed by atoms with Gasteiger partial charge in [-0.05, 0) is 121 Å². The zero-order valence-corrected chi connectivity index (χ0v) is 41.8. The zero-order valence-electron chi connectivity index (χ0n) is 40.8. The summed E-state index contributed by atoms with van der Waals surface area (Å²) in [5.41, 5.74) is 0. The van der Waals surface area contributed by atoms with Crippen LogP contribution in [0.5, 0.6) is 0 Å². The Labute approximate surface area is 376 Å². The number of unbranched alkanes of at least 4 members (excludes halogenated alkanes) is 8. The molecule has 0 aromatic heterocycles. The SMILES string of the molecule is CC/C=C\CCCCOC(CCC(=O)OCCC(CCOC(=O)CCC(OCCCC/C=C\CC)OCCCC/C=C\CC)O[Si](C)(C)C(C)(C)C)OCCCC/C=C\CC. The minimum atomic E-state index is -2.15. The fraction of sp³-hybridized carbons (Fsp3) is 0.804. The number of rotatable bonds is 42. The standard InChI is InChI=1S/C51H94O9Si/c1-10-14-18-22-26-30-40-56-49(57-41-31-27-23-19-15-11-2)36-34-47(52)54-44-38-46(60-61(8,9)51(5,6)7)39-45-55-48(53)35-37-50(58-42-32-28-24-20-16-12-3)59-43-33-29-25-21-17-13-4/h14-21,46,49-50H,10-13,22-45H2,1-9H3/b18-14-,19-15-,20-16-,21-17-. The first-order valence-corrected chi connectivity index (χ1v) is 27.4. The number of hydrogen-bond acceptors (Lipinski definition) is 9. The van der Waals surface area contributed by atoms with Gasteiger partial charge in [-0.25, -0.2) is 0 Å². The largest absolute Gasteiger partial charge is 0.466 e. The number of esters is 2. The molecule has 0 atom stereocenters. The van der Waals surface area contributed by atoms with Crippen LogP contribution in [0.3, 0.4) is 0 Å². The second-order valence-electron chi connectivity index (χ2n) is 17.4. The molecule has 0 rings (SSSR count). The maximum absolute atomic E-state index is 13.0.